The van der Waals surface area contributed by atoms with E-state index in [2.05, 4.69) is 34.6 Å². The predicted octanol–water partition coefficient (Wildman–Crippen LogP) is 6.62. The van der Waals surface area contributed by atoms with Crippen LogP contribution in [0.5, 0.6) is 0 Å². The summed E-state index contributed by atoms with van der Waals surface area (Å²) in [5.41, 5.74) is -1.93. The van der Waals surface area contributed by atoms with Gasteiger partial charge in [-0.3, -0.25) is 4.90 Å². The normalized spacial score (nSPS) is 23.7. The Labute approximate surface area is 199 Å². The number of fused-ring (bicyclic) bond motifs is 2. The summed E-state index contributed by atoms with van der Waals surface area (Å²) in [5.74, 6) is 0.469. The lowest BCUT2D eigenvalue weighted by atomic mass is 9.95. The van der Waals surface area contributed by atoms with Gasteiger partial charge in [0.25, 0.3) is 0 Å². The fourth-order valence-corrected chi connectivity index (χ4v) is 5.51. The summed E-state index contributed by atoms with van der Waals surface area (Å²) in [7, 11) is 0. The van der Waals surface area contributed by atoms with Gasteiger partial charge in [-0.2, -0.15) is 26.3 Å². The van der Waals surface area contributed by atoms with Crippen LogP contribution >= 0.6 is 12.2 Å². The SMILES string of the molecule is CC(c1ccccc1)N1C2CCC(C2)C1CNC(=S)Nc1cc(C(F)(F)F)cc(C(F)(F)F)c1. The van der Waals surface area contributed by atoms with Crippen LogP contribution in [0.2, 0.25) is 0 Å². The Hall–Kier alpha value is -2.33. The molecule has 4 rings (SSSR count). The molecule has 1 aliphatic carbocycles. The zero-order chi connectivity index (χ0) is 24.7. The van der Waals surface area contributed by atoms with Crippen molar-refractivity contribution in [1.29, 1.82) is 0 Å². The average Bonchev–Trinajstić information content (AvgIpc) is 3.38. The molecule has 0 spiro atoms. The topological polar surface area (TPSA) is 27.3 Å². The number of anilines is 1. The van der Waals surface area contributed by atoms with Crippen LogP contribution in [0.1, 0.15) is 48.9 Å². The summed E-state index contributed by atoms with van der Waals surface area (Å²) in [6.07, 6.45) is -6.54. The molecule has 0 amide bonds. The van der Waals surface area contributed by atoms with E-state index in [4.69, 9.17) is 12.2 Å². The van der Waals surface area contributed by atoms with E-state index in [-0.39, 0.29) is 28.9 Å². The van der Waals surface area contributed by atoms with Crippen LogP contribution < -0.4 is 10.6 Å². The lowest BCUT2D eigenvalue weighted by Crippen LogP contribution is -2.49. The molecule has 0 radical (unpaired) electrons. The van der Waals surface area contributed by atoms with Gasteiger partial charge in [0.1, 0.15) is 0 Å². The number of benzene rings is 2. The summed E-state index contributed by atoms with van der Waals surface area (Å²) in [5, 5.41) is 5.53. The molecule has 1 saturated carbocycles. The van der Waals surface area contributed by atoms with Crippen molar-refractivity contribution >= 4 is 23.0 Å². The van der Waals surface area contributed by atoms with Crippen LogP contribution in [0.4, 0.5) is 32.0 Å². The van der Waals surface area contributed by atoms with E-state index >= 15 is 0 Å². The van der Waals surface area contributed by atoms with Gasteiger partial charge in [0.2, 0.25) is 0 Å². The minimum atomic E-state index is -4.91. The first-order valence-electron chi connectivity index (χ1n) is 11.1. The molecular weight excluding hydrogens is 476 g/mol. The predicted molar refractivity (Wildman–Crippen MR) is 122 cm³/mol. The van der Waals surface area contributed by atoms with Crippen molar-refractivity contribution in [2.45, 2.75) is 56.7 Å². The second-order valence-corrected chi connectivity index (χ2v) is 9.37. The third kappa shape index (κ3) is 5.33. The minimum Gasteiger partial charge on any atom is -0.361 e. The van der Waals surface area contributed by atoms with E-state index in [0.29, 0.717) is 30.6 Å². The van der Waals surface area contributed by atoms with E-state index < -0.39 is 23.5 Å². The number of alkyl halides is 6. The first-order valence-corrected chi connectivity index (χ1v) is 11.5. The van der Waals surface area contributed by atoms with Gasteiger partial charge in [-0.1, -0.05) is 30.3 Å². The molecular formula is C24H25F6N3S. The molecule has 3 nitrogen and oxygen atoms in total. The van der Waals surface area contributed by atoms with Crippen molar-refractivity contribution in [3.05, 3.63) is 65.2 Å². The largest absolute Gasteiger partial charge is 0.416 e. The van der Waals surface area contributed by atoms with Crippen LogP contribution in [-0.4, -0.2) is 28.6 Å². The van der Waals surface area contributed by atoms with E-state index in [1.807, 2.05) is 18.2 Å². The van der Waals surface area contributed by atoms with Crippen molar-refractivity contribution in [2.24, 2.45) is 5.92 Å². The van der Waals surface area contributed by atoms with Crippen LogP contribution in [0.25, 0.3) is 0 Å². The third-order valence-electron chi connectivity index (χ3n) is 6.84. The Morgan fingerprint density at radius 3 is 2.21 bits per heavy atom. The first-order chi connectivity index (χ1) is 15.9. The number of thiocarbonyl (C=S) groups is 1. The Morgan fingerprint density at radius 2 is 1.62 bits per heavy atom. The second kappa shape index (κ2) is 9.37. The van der Waals surface area contributed by atoms with Crippen molar-refractivity contribution in [3.8, 4) is 0 Å². The van der Waals surface area contributed by atoms with Gasteiger partial charge < -0.3 is 10.6 Å². The molecule has 2 bridgehead atoms. The molecule has 2 N–H and O–H groups in total. The highest BCUT2D eigenvalue weighted by atomic mass is 32.1. The van der Waals surface area contributed by atoms with E-state index in [0.717, 1.165) is 19.3 Å². The lowest BCUT2D eigenvalue weighted by molar-refractivity contribution is -0.143. The van der Waals surface area contributed by atoms with E-state index in [1.54, 1.807) is 0 Å². The first kappa shape index (κ1) is 24.8. The summed E-state index contributed by atoms with van der Waals surface area (Å²) < 4.78 is 78.7. The molecule has 0 aromatic heterocycles. The number of likely N-dealkylation sites (tertiary alicyclic amines) is 1. The summed E-state index contributed by atoms with van der Waals surface area (Å²) in [6, 6.07) is 12.3. The van der Waals surface area contributed by atoms with Crippen molar-refractivity contribution in [1.82, 2.24) is 10.2 Å². The Bertz CT molecular complexity index is 991. The van der Waals surface area contributed by atoms with E-state index in [9.17, 15) is 26.3 Å². The lowest BCUT2D eigenvalue weighted by Gasteiger charge is -2.40. The summed E-state index contributed by atoms with van der Waals surface area (Å²) in [4.78, 5) is 2.46. The highest BCUT2D eigenvalue weighted by molar-refractivity contribution is 7.80. The molecule has 1 saturated heterocycles. The molecule has 184 valence electrons. The van der Waals surface area contributed by atoms with Gasteiger partial charge in [-0.25, -0.2) is 0 Å². The molecule has 2 fully saturated rings. The number of nitrogens with zero attached hydrogens (tertiary/aromatic N) is 1. The van der Waals surface area contributed by atoms with Crippen LogP contribution in [0, 0.1) is 5.92 Å². The standard InChI is InChI=1S/C24H25F6N3S/c1-14(15-5-3-2-4-6-15)33-20-8-7-16(9-20)21(33)13-31-22(34)32-19-11-17(23(25,26)27)10-18(12-19)24(28,29)30/h2-6,10-12,14,16,20-21H,7-9,13H2,1H3,(H2,31,32,34). The Kier molecular flexibility index (Phi) is 6.83. The van der Waals surface area contributed by atoms with Gasteiger partial charge in [0.15, 0.2) is 5.11 Å². The fourth-order valence-electron chi connectivity index (χ4n) is 5.30. The van der Waals surface area contributed by atoms with Gasteiger partial charge in [-0.05, 0) is 68.1 Å². The minimum absolute atomic E-state index is 0.0115. The summed E-state index contributed by atoms with van der Waals surface area (Å²) in [6.45, 7) is 2.61. The maximum absolute atomic E-state index is 13.1. The number of hydrogen-bond acceptors (Lipinski definition) is 2. The molecule has 1 heterocycles. The Balaban J connectivity index is 1.45. The highest BCUT2D eigenvalue weighted by Gasteiger charge is 2.47. The average molecular weight is 502 g/mol. The molecule has 2 aliphatic rings. The van der Waals surface area contributed by atoms with Crippen LogP contribution in [0.15, 0.2) is 48.5 Å². The zero-order valence-electron chi connectivity index (χ0n) is 18.4. The van der Waals surface area contributed by atoms with Crippen LogP contribution in [-0.2, 0) is 12.4 Å². The second-order valence-electron chi connectivity index (χ2n) is 8.96. The number of rotatable bonds is 5. The number of piperidine rings is 1. The number of halogens is 6. The molecule has 2 aromatic rings. The fraction of sp³-hybridized carbons (Fsp3) is 0.458. The van der Waals surface area contributed by atoms with Gasteiger partial charge in [-0.15, -0.1) is 0 Å². The van der Waals surface area contributed by atoms with Gasteiger partial charge >= 0.3 is 12.4 Å². The molecule has 4 unspecified atom stereocenters. The highest BCUT2D eigenvalue weighted by Crippen LogP contribution is 2.46. The van der Waals surface area contributed by atoms with E-state index in [1.165, 1.54) is 5.56 Å². The molecule has 10 heteroatoms. The quantitative estimate of drug-likeness (QED) is 0.356. The number of nitrogens with one attached hydrogen (secondary N) is 2. The molecule has 4 atom stereocenters. The van der Waals surface area contributed by atoms with Crippen molar-refractivity contribution in [2.75, 3.05) is 11.9 Å². The van der Waals surface area contributed by atoms with Crippen molar-refractivity contribution in [3.63, 3.8) is 0 Å². The molecule has 2 aromatic carbocycles. The monoisotopic (exact) mass is 501 g/mol. The smallest absolute Gasteiger partial charge is 0.361 e. The third-order valence-corrected chi connectivity index (χ3v) is 7.09. The van der Waals surface area contributed by atoms with Crippen molar-refractivity contribution < 1.29 is 26.3 Å². The Morgan fingerprint density at radius 1 is 1.00 bits per heavy atom. The molecule has 1 aliphatic heterocycles. The van der Waals surface area contributed by atoms with Gasteiger partial charge in [0, 0.05) is 30.4 Å². The summed E-state index contributed by atoms with van der Waals surface area (Å²) >= 11 is 5.22. The molecule has 34 heavy (non-hydrogen) atoms. The number of hydrogen-bond donors (Lipinski definition) is 2. The maximum atomic E-state index is 13.1. The zero-order valence-corrected chi connectivity index (χ0v) is 19.2. The maximum Gasteiger partial charge on any atom is 0.416 e. The van der Waals surface area contributed by atoms with Gasteiger partial charge in [0.05, 0.1) is 11.1 Å². The van der Waals surface area contributed by atoms with Crippen LogP contribution in [0.3, 0.4) is 0 Å².